The van der Waals surface area contributed by atoms with Crippen LogP contribution in [0, 0.1) is 0 Å². The molecule has 3 heterocycles. The third kappa shape index (κ3) is 4.88. The number of carbonyl (C=O) groups is 1. The maximum Gasteiger partial charge on any atom is 0.416 e. The van der Waals surface area contributed by atoms with Gasteiger partial charge in [0.15, 0.2) is 11.0 Å². The fourth-order valence-electron chi connectivity index (χ4n) is 3.14. The first-order chi connectivity index (χ1) is 14.9. The number of rotatable bonds is 5. The second kappa shape index (κ2) is 9.06. The first-order valence-corrected chi connectivity index (χ1v) is 10.4. The molecule has 31 heavy (non-hydrogen) atoms. The number of pyridine rings is 1. The second-order valence-corrected chi connectivity index (χ2v) is 7.65. The molecule has 0 aliphatic carbocycles. The standard InChI is InChI=1S/C20H18F3N5O2S/c21-20(22,23)15-2-1-3-16(12-15)28-18(14-4-6-24-7-5-14)25-26-19(28)31-13-17(29)27-8-10-30-11-9-27/h1-7,12H,8-11,13H2. The van der Waals surface area contributed by atoms with E-state index >= 15 is 0 Å². The second-order valence-electron chi connectivity index (χ2n) is 6.71. The van der Waals surface area contributed by atoms with Gasteiger partial charge in [-0.2, -0.15) is 13.2 Å². The average molecular weight is 449 g/mol. The van der Waals surface area contributed by atoms with Crippen molar-refractivity contribution in [3.05, 3.63) is 54.4 Å². The lowest BCUT2D eigenvalue weighted by molar-refractivity contribution is -0.137. The summed E-state index contributed by atoms with van der Waals surface area (Å²) in [6.45, 7) is 2.01. The fourth-order valence-corrected chi connectivity index (χ4v) is 3.99. The number of nitrogens with zero attached hydrogens (tertiary/aromatic N) is 5. The number of hydrogen-bond donors (Lipinski definition) is 0. The molecule has 1 aliphatic rings. The molecule has 0 bridgehead atoms. The molecule has 4 rings (SSSR count). The lowest BCUT2D eigenvalue weighted by Crippen LogP contribution is -2.41. The van der Waals surface area contributed by atoms with E-state index < -0.39 is 11.7 Å². The molecule has 11 heteroatoms. The Morgan fingerprint density at radius 1 is 1.10 bits per heavy atom. The molecule has 2 aromatic heterocycles. The van der Waals surface area contributed by atoms with Gasteiger partial charge in [-0.3, -0.25) is 14.3 Å². The molecule has 3 aromatic rings. The average Bonchev–Trinajstić information content (AvgIpc) is 3.22. The molecule has 0 spiro atoms. The predicted octanol–water partition coefficient (Wildman–Crippen LogP) is 3.30. The number of hydrogen-bond acceptors (Lipinski definition) is 6. The van der Waals surface area contributed by atoms with Crippen LogP contribution in [-0.4, -0.2) is 62.6 Å². The minimum Gasteiger partial charge on any atom is -0.378 e. The van der Waals surface area contributed by atoms with Gasteiger partial charge in [-0.15, -0.1) is 10.2 Å². The molecule has 1 aromatic carbocycles. The summed E-state index contributed by atoms with van der Waals surface area (Å²) in [5, 5.41) is 8.67. The minimum atomic E-state index is -4.49. The highest BCUT2D eigenvalue weighted by Crippen LogP contribution is 2.33. The summed E-state index contributed by atoms with van der Waals surface area (Å²) >= 11 is 1.13. The molecule has 1 fully saturated rings. The summed E-state index contributed by atoms with van der Waals surface area (Å²) in [6.07, 6.45) is -1.36. The van der Waals surface area contributed by atoms with Crippen LogP contribution in [-0.2, 0) is 15.7 Å². The van der Waals surface area contributed by atoms with Gasteiger partial charge in [0.05, 0.1) is 30.2 Å². The smallest absolute Gasteiger partial charge is 0.378 e. The van der Waals surface area contributed by atoms with Crippen molar-refractivity contribution in [1.29, 1.82) is 0 Å². The number of alkyl halides is 3. The van der Waals surface area contributed by atoms with Crippen LogP contribution >= 0.6 is 11.8 Å². The van der Waals surface area contributed by atoms with Crippen LogP contribution < -0.4 is 0 Å². The van der Waals surface area contributed by atoms with Crippen molar-refractivity contribution in [2.75, 3.05) is 32.1 Å². The third-order valence-corrected chi connectivity index (χ3v) is 5.61. The van der Waals surface area contributed by atoms with Gasteiger partial charge in [-0.05, 0) is 30.3 Å². The molecule has 1 amide bonds. The van der Waals surface area contributed by atoms with Gasteiger partial charge in [0.25, 0.3) is 0 Å². The van der Waals surface area contributed by atoms with Gasteiger partial charge < -0.3 is 9.64 Å². The minimum absolute atomic E-state index is 0.0858. The lowest BCUT2D eigenvalue weighted by atomic mass is 10.2. The summed E-state index contributed by atoms with van der Waals surface area (Å²) in [6, 6.07) is 8.33. The van der Waals surface area contributed by atoms with E-state index in [1.807, 2.05) is 0 Å². The molecular weight excluding hydrogens is 431 g/mol. The molecule has 0 radical (unpaired) electrons. The monoisotopic (exact) mass is 449 g/mol. The highest BCUT2D eigenvalue weighted by atomic mass is 32.2. The van der Waals surface area contributed by atoms with Crippen LogP contribution in [0.3, 0.4) is 0 Å². The van der Waals surface area contributed by atoms with Gasteiger partial charge >= 0.3 is 6.18 Å². The van der Waals surface area contributed by atoms with E-state index in [-0.39, 0.29) is 17.3 Å². The van der Waals surface area contributed by atoms with E-state index in [0.29, 0.717) is 42.8 Å². The summed E-state index contributed by atoms with van der Waals surface area (Å²) in [7, 11) is 0. The Morgan fingerprint density at radius 3 is 2.55 bits per heavy atom. The van der Waals surface area contributed by atoms with Crippen LogP contribution in [0.2, 0.25) is 0 Å². The largest absolute Gasteiger partial charge is 0.416 e. The van der Waals surface area contributed by atoms with Crippen molar-refractivity contribution in [1.82, 2.24) is 24.6 Å². The van der Waals surface area contributed by atoms with Crippen LogP contribution in [0.5, 0.6) is 0 Å². The Kier molecular flexibility index (Phi) is 6.23. The Bertz CT molecular complexity index is 1050. The Morgan fingerprint density at radius 2 is 1.84 bits per heavy atom. The number of morpholine rings is 1. The van der Waals surface area contributed by atoms with Crippen molar-refractivity contribution in [2.45, 2.75) is 11.3 Å². The Balaban J connectivity index is 1.68. The third-order valence-electron chi connectivity index (χ3n) is 4.69. The molecule has 1 aliphatic heterocycles. The van der Waals surface area contributed by atoms with Crippen molar-refractivity contribution < 1.29 is 22.7 Å². The summed E-state index contributed by atoms with van der Waals surface area (Å²) in [5.74, 6) is 0.369. The van der Waals surface area contributed by atoms with E-state index in [1.54, 1.807) is 35.5 Å². The number of halogens is 3. The Labute approximate surface area is 180 Å². The first kappa shape index (κ1) is 21.3. The van der Waals surface area contributed by atoms with Crippen LogP contribution in [0.25, 0.3) is 17.1 Å². The zero-order valence-electron chi connectivity index (χ0n) is 16.2. The highest BCUT2D eigenvalue weighted by molar-refractivity contribution is 7.99. The van der Waals surface area contributed by atoms with Gasteiger partial charge in [-0.1, -0.05) is 17.8 Å². The van der Waals surface area contributed by atoms with Crippen LogP contribution in [0.4, 0.5) is 13.2 Å². The van der Waals surface area contributed by atoms with Crippen molar-refractivity contribution in [3.63, 3.8) is 0 Å². The van der Waals surface area contributed by atoms with E-state index in [1.165, 1.54) is 10.6 Å². The molecular formula is C20H18F3N5O2S. The molecule has 0 N–H and O–H groups in total. The molecule has 0 atom stereocenters. The van der Waals surface area contributed by atoms with E-state index in [0.717, 1.165) is 23.9 Å². The lowest BCUT2D eigenvalue weighted by Gasteiger charge is -2.26. The van der Waals surface area contributed by atoms with E-state index in [4.69, 9.17) is 4.74 Å². The van der Waals surface area contributed by atoms with Crippen molar-refractivity contribution in [2.24, 2.45) is 0 Å². The number of ether oxygens (including phenoxy) is 1. The predicted molar refractivity (Wildman–Crippen MR) is 108 cm³/mol. The topological polar surface area (TPSA) is 73.1 Å². The molecule has 162 valence electrons. The Hall–Kier alpha value is -2.92. The highest BCUT2D eigenvalue weighted by Gasteiger charge is 2.31. The molecule has 7 nitrogen and oxygen atoms in total. The first-order valence-electron chi connectivity index (χ1n) is 9.45. The molecule has 0 saturated carbocycles. The van der Waals surface area contributed by atoms with Gasteiger partial charge in [0.2, 0.25) is 5.91 Å². The summed E-state index contributed by atoms with van der Waals surface area (Å²) in [5.41, 5.74) is 0.124. The van der Waals surface area contributed by atoms with Crippen molar-refractivity contribution >= 4 is 17.7 Å². The van der Waals surface area contributed by atoms with E-state index in [9.17, 15) is 18.0 Å². The summed E-state index contributed by atoms with van der Waals surface area (Å²) < 4.78 is 46.6. The number of thioether (sulfide) groups is 1. The van der Waals surface area contributed by atoms with Crippen molar-refractivity contribution in [3.8, 4) is 17.1 Å². The number of amides is 1. The SMILES string of the molecule is O=C(CSc1nnc(-c2ccncc2)n1-c1cccc(C(F)(F)F)c1)N1CCOCC1. The summed E-state index contributed by atoms with van der Waals surface area (Å²) in [4.78, 5) is 18.2. The quantitative estimate of drug-likeness (QED) is 0.557. The maximum atomic E-state index is 13.3. The number of aromatic nitrogens is 4. The molecule has 0 unspecified atom stereocenters. The van der Waals surface area contributed by atoms with Gasteiger partial charge in [0, 0.05) is 31.0 Å². The van der Waals surface area contributed by atoms with Crippen LogP contribution in [0.15, 0.2) is 53.9 Å². The normalized spacial score (nSPS) is 14.6. The van der Waals surface area contributed by atoms with E-state index in [2.05, 4.69) is 15.2 Å². The van der Waals surface area contributed by atoms with Crippen LogP contribution in [0.1, 0.15) is 5.56 Å². The zero-order chi connectivity index (χ0) is 21.8. The fraction of sp³-hybridized carbons (Fsp3) is 0.300. The van der Waals surface area contributed by atoms with Gasteiger partial charge in [-0.25, -0.2) is 0 Å². The molecule has 1 saturated heterocycles. The zero-order valence-corrected chi connectivity index (χ0v) is 17.1. The maximum absolute atomic E-state index is 13.3. The van der Waals surface area contributed by atoms with Gasteiger partial charge in [0.1, 0.15) is 0 Å². The number of benzene rings is 1. The number of carbonyl (C=O) groups excluding carboxylic acids is 1.